The predicted octanol–water partition coefficient (Wildman–Crippen LogP) is 1.72. The van der Waals surface area contributed by atoms with Gasteiger partial charge in [-0.3, -0.25) is 14.4 Å². The number of aliphatic hydroxyl groups excluding tert-OH is 1. The Morgan fingerprint density at radius 3 is 2.25 bits per heavy atom. The van der Waals surface area contributed by atoms with Crippen molar-refractivity contribution < 1.29 is 29.0 Å². The second kappa shape index (κ2) is 16.5. The Morgan fingerprint density at radius 1 is 1.08 bits per heavy atom. The van der Waals surface area contributed by atoms with Crippen LogP contribution < -0.4 is 21.3 Å². The molecule has 0 bridgehead atoms. The van der Waals surface area contributed by atoms with Crippen molar-refractivity contribution >= 4 is 23.8 Å². The lowest BCUT2D eigenvalue weighted by Gasteiger charge is -2.22. The second-order valence-corrected chi connectivity index (χ2v) is 9.84. The van der Waals surface area contributed by atoms with Crippen molar-refractivity contribution in [2.45, 2.75) is 66.2 Å². The van der Waals surface area contributed by atoms with Gasteiger partial charge in [-0.1, -0.05) is 65.0 Å². The quantitative estimate of drug-likeness (QED) is 0.309. The van der Waals surface area contributed by atoms with Crippen molar-refractivity contribution in [1.29, 1.82) is 0 Å². The van der Waals surface area contributed by atoms with E-state index in [1.807, 2.05) is 30.3 Å². The molecule has 0 saturated carbocycles. The molecular formula is C26H42N4O6. The predicted molar refractivity (Wildman–Crippen MR) is 137 cm³/mol. The number of amides is 4. The van der Waals surface area contributed by atoms with Gasteiger partial charge in [-0.05, 0) is 30.2 Å². The molecule has 5 N–H and O–H groups in total. The van der Waals surface area contributed by atoms with Gasteiger partial charge in [0.25, 0.3) is 0 Å². The summed E-state index contributed by atoms with van der Waals surface area (Å²) < 4.78 is 5.15. The molecular weight excluding hydrogens is 464 g/mol. The molecule has 2 rings (SSSR count). The third kappa shape index (κ3) is 12.5. The number of carbonyl (C=O) groups excluding carboxylic acids is 4. The van der Waals surface area contributed by atoms with Crippen LogP contribution in [-0.2, 0) is 25.7 Å². The maximum absolute atomic E-state index is 12.5. The minimum absolute atomic E-state index is 0.0725. The summed E-state index contributed by atoms with van der Waals surface area (Å²) >= 11 is 0. The summed E-state index contributed by atoms with van der Waals surface area (Å²) in [5.74, 6) is -0.768. The summed E-state index contributed by atoms with van der Waals surface area (Å²) in [7, 11) is 0. The van der Waals surface area contributed by atoms with Crippen LogP contribution in [0.2, 0.25) is 0 Å². The van der Waals surface area contributed by atoms with Crippen molar-refractivity contribution in [3.05, 3.63) is 35.9 Å². The van der Waals surface area contributed by atoms with Crippen LogP contribution in [0.3, 0.4) is 0 Å². The van der Waals surface area contributed by atoms with E-state index in [2.05, 4.69) is 42.0 Å². The fourth-order valence-electron chi connectivity index (χ4n) is 3.38. The van der Waals surface area contributed by atoms with Gasteiger partial charge in [0.15, 0.2) is 0 Å². The van der Waals surface area contributed by atoms with Gasteiger partial charge in [-0.25, -0.2) is 4.79 Å². The number of alkyl carbamates (subject to hydrolysis) is 1. The van der Waals surface area contributed by atoms with Gasteiger partial charge in [0.05, 0.1) is 19.2 Å². The molecule has 1 aromatic rings. The van der Waals surface area contributed by atoms with Crippen LogP contribution in [0.4, 0.5) is 4.79 Å². The van der Waals surface area contributed by atoms with E-state index in [9.17, 15) is 24.3 Å². The zero-order valence-electron chi connectivity index (χ0n) is 22.0. The highest BCUT2D eigenvalue weighted by Gasteiger charge is 2.28. The Labute approximate surface area is 213 Å². The number of rotatable bonds is 11. The van der Waals surface area contributed by atoms with Crippen molar-refractivity contribution in [2.24, 2.45) is 17.8 Å². The lowest BCUT2D eigenvalue weighted by molar-refractivity contribution is -0.128. The Hall–Kier alpha value is -3.14. The molecule has 3 unspecified atom stereocenters. The van der Waals surface area contributed by atoms with Gasteiger partial charge >= 0.3 is 6.09 Å². The molecule has 0 spiro atoms. The first-order chi connectivity index (χ1) is 17.0. The number of benzene rings is 1. The van der Waals surface area contributed by atoms with Gasteiger partial charge < -0.3 is 31.1 Å². The minimum atomic E-state index is -0.887. The Morgan fingerprint density at radius 2 is 1.72 bits per heavy atom. The Balaban J connectivity index is 0.00000150. The van der Waals surface area contributed by atoms with Crippen molar-refractivity contribution in [1.82, 2.24) is 21.3 Å². The van der Waals surface area contributed by atoms with Crippen LogP contribution in [0, 0.1) is 17.8 Å². The number of carbonyl (C=O) groups is 4. The number of ether oxygens (including phenoxy) is 1. The average molecular weight is 507 g/mol. The minimum Gasteiger partial charge on any atom is -0.445 e. The molecule has 3 atom stereocenters. The zero-order valence-corrected chi connectivity index (χ0v) is 22.0. The Bertz CT molecular complexity index is 828. The highest BCUT2D eigenvalue weighted by molar-refractivity contribution is 5.89. The zero-order chi connectivity index (χ0) is 27.1. The molecule has 1 aliphatic heterocycles. The number of aliphatic hydroxyl groups is 1. The molecule has 0 aliphatic carbocycles. The molecule has 36 heavy (non-hydrogen) atoms. The maximum Gasteiger partial charge on any atom is 0.408 e. The molecule has 1 aliphatic rings. The number of hydrogen-bond acceptors (Lipinski definition) is 6. The largest absolute Gasteiger partial charge is 0.445 e. The van der Waals surface area contributed by atoms with Crippen LogP contribution in [0.15, 0.2) is 30.3 Å². The van der Waals surface area contributed by atoms with Gasteiger partial charge in [0.1, 0.15) is 12.6 Å². The highest BCUT2D eigenvalue weighted by atomic mass is 16.5. The molecule has 10 nitrogen and oxygen atoms in total. The van der Waals surface area contributed by atoms with Gasteiger partial charge in [0.2, 0.25) is 17.7 Å². The first-order valence-corrected chi connectivity index (χ1v) is 12.5. The molecule has 0 aromatic heterocycles. The van der Waals surface area contributed by atoms with E-state index < -0.39 is 30.0 Å². The highest BCUT2D eigenvalue weighted by Crippen LogP contribution is 2.15. The summed E-state index contributed by atoms with van der Waals surface area (Å²) in [5, 5.41) is 19.9. The molecule has 202 valence electrons. The van der Waals surface area contributed by atoms with Crippen molar-refractivity contribution in [3.63, 3.8) is 0 Å². The molecule has 1 heterocycles. The third-order valence-electron chi connectivity index (χ3n) is 5.18. The van der Waals surface area contributed by atoms with E-state index in [1.54, 1.807) is 13.8 Å². The van der Waals surface area contributed by atoms with Crippen LogP contribution in [0.1, 0.15) is 53.0 Å². The SMILES string of the molecule is CC(C)C.CC(C)C(NC(=O)OCc1ccccc1)C(=O)NCC(=O)NC(CO)CC1CCNC1=O. The summed E-state index contributed by atoms with van der Waals surface area (Å²) in [6.07, 6.45) is 0.248. The van der Waals surface area contributed by atoms with Crippen LogP contribution in [-0.4, -0.2) is 60.7 Å². The molecule has 1 saturated heterocycles. The van der Waals surface area contributed by atoms with Crippen molar-refractivity contribution in [2.75, 3.05) is 19.7 Å². The number of nitrogens with one attached hydrogen (secondary N) is 4. The molecule has 1 fully saturated rings. The van der Waals surface area contributed by atoms with E-state index in [0.717, 1.165) is 11.5 Å². The van der Waals surface area contributed by atoms with Gasteiger partial charge in [0, 0.05) is 12.5 Å². The fourth-order valence-corrected chi connectivity index (χ4v) is 3.38. The van der Waals surface area contributed by atoms with Crippen molar-refractivity contribution in [3.8, 4) is 0 Å². The van der Waals surface area contributed by atoms with E-state index in [-0.39, 0.29) is 37.5 Å². The van der Waals surface area contributed by atoms with Gasteiger partial charge in [-0.2, -0.15) is 0 Å². The standard InChI is InChI=1S/C22H32N4O6.C4H10/c1-14(2)19(26-22(31)32-13-15-6-4-3-5-7-15)21(30)24-11-18(28)25-17(12-27)10-16-8-9-23-20(16)29;1-4(2)3/h3-7,14,16-17,19,27H,8-13H2,1-2H3,(H,23,29)(H,24,30)(H,25,28)(H,26,31);4H,1-3H3. The smallest absolute Gasteiger partial charge is 0.408 e. The monoisotopic (exact) mass is 506 g/mol. The molecule has 0 radical (unpaired) electrons. The number of hydrogen-bond donors (Lipinski definition) is 5. The van der Waals surface area contributed by atoms with E-state index in [0.29, 0.717) is 19.4 Å². The lowest BCUT2D eigenvalue weighted by atomic mass is 9.99. The first-order valence-electron chi connectivity index (χ1n) is 12.5. The van der Waals surface area contributed by atoms with E-state index in [1.165, 1.54) is 0 Å². The maximum atomic E-state index is 12.5. The van der Waals surface area contributed by atoms with E-state index >= 15 is 0 Å². The summed E-state index contributed by atoms with van der Waals surface area (Å²) in [4.78, 5) is 48.5. The average Bonchev–Trinajstić information content (AvgIpc) is 3.23. The van der Waals surface area contributed by atoms with Gasteiger partial charge in [-0.15, -0.1) is 0 Å². The topological polar surface area (TPSA) is 146 Å². The normalized spacial score (nSPS) is 16.3. The molecule has 10 heteroatoms. The van der Waals surface area contributed by atoms with Crippen LogP contribution in [0.25, 0.3) is 0 Å². The van der Waals surface area contributed by atoms with E-state index in [4.69, 9.17) is 4.74 Å². The fraction of sp³-hybridized carbons (Fsp3) is 0.615. The Kier molecular flexibility index (Phi) is 14.2. The molecule has 4 amide bonds. The summed E-state index contributed by atoms with van der Waals surface area (Å²) in [6.45, 7) is 10.0. The molecule has 1 aromatic carbocycles. The first kappa shape index (κ1) is 30.9. The van der Waals surface area contributed by atoms with Crippen LogP contribution >= 0.6 is 0 Å². The second-order valence-electron chi connectivity index (χ2n) is 9.84. The van der Waals surface area contributed by atoms with Crippen LogP contribution in [0.5, 0.6) is 0 Å². The third-order valence-corrected chi connectivity index (χ3v) is 5.18. The lowest BCUT2D eigenvalue weighted by Crippen LogP contribution is -2.52. The summed E-state index contributed by atoms with van der Waals surface area (Å²) in [6, 6.07) is 7.68. The summed E-state index contributed by atoms with van der Waals surface area (Å²) in [5.41, 5.74) is 0.818.